The van der Waals surface area contributed by atoms with E-state index in [1.165, 1.54) is 0 Å². The van der Waals surface area contributed by atoms with Gasteiger partial charge in [0, 0.05) is 12.6 Å². The fourth-order valence-electron chi connectivity index (χ4n) is 2.01. The molecule has 1 heterocycles. The van der Waals surface area contributed by atoms with Gasteiger partial charge in [-0.25, -0.2) is 0 Å². The highest BCUT2D eigenvalue weighted by atomic mass is 16.5. The summed E-state index contributed by atoms with van der Waals surface area (Å²) in [6.07, 6.45) is 2.95. The van der Waals surface area contributed by atoms with E-state index in [2.05, 4.69) is 12.2 Å². The summed E-state index contributed by atoms with van der Waals surface area (Å²) in [6, 6.07) is 0.0973. The quantitative estimate of drug-likeness (QED) is 0.701. The van der Waals surface area contributed by atoms with Crippen LogP contribution < -0.4 is 5.32 Å². The first kappa shape index (κ1) is 13.5. The number of rotatable bonds is 6. The molecule has 1 rings (SSSR count). The molecule has 3 atom stereocenters. The van der Waals surface area contributed by atoms with Gasteiger partial charge in [0.1, 0.15) is 6.04 Å². The minimum absolute atomic E-state index is 0.136. The molecule has 1 aliphatic rings. The van der Waals surface area contributed by atoms with Gasteiger partial charge in [0.2, 0.25) is 0 Å². The van der Waals surface area contributed by atoms with Crippen LogP contribution in [0.25, 0.3) is 0 Å². The summed E-state index contributed by atoms with van der Waals surface area (Å²) < 4.78 is 10.5. The first-order valence-corrected chi connectivity index (χ1v) is 6.23. The third-order valence-electron chi connectivity index (χ3n) is 2.94. The lowest BCUT2D eigenvalue weighted by molar-refractivity contribution is -0.146. The van der Waals surface area contributed by atoms with E-state index in [-0.39, 0.29) is 24.2 Å². The summed E-state index contributed by atoms with van der Waals surface area (Å²) in [5.41, 5.74) is 0. The Bertz CT molecular complexity index is 220. The Hall–Kier alpha value is -0.610. The predicted octanol–water partition coefficient (Wildman–Crippen LogP) is 1.49. The maximum atomic E-state index is 11.7. The number of ether oxygens (including phenoxy) is 2. The fourth-order valence-corrected chi connectivity index (χ4v) is 2.01. The minimum Gasteiger partial charge on any atom is -0.465 e. The number of hydrogen-bond donors (Lipinski definition) is 1. The van der Waals surface area contributed by atoms with Crippen LogP contribution in [-0.4, -0.2) is 37.4 Å². The molecule has 0 aromatic rings. The molecule has 0 aromatic carbocycles. The van der Waals surface area contributed by atoms with Crippen molar-refractivity contribution in [2.45, 2.75) is 58.2 Å². The summed E-state index contributed by atoms with van der Waals surface area (Å²) in [6.45, 7) is 7.17. The molecule has 94 valence electrons. The molecule has 4 nitrogen and oxygen atoms in total. The molecular formula is C12H23NO3. The third kappa shape index (κ3) is 3.76. The molecule has 3 unspecified atom stereocenters. The zero-order valence-electron chi connectivity index (χ0n) is 10.5. The van der Waals surface area contributed by atoms with Crippen LogP contribution in [0.1, 0.15) is 40.0 Å². The summed E-state index contributed by atoms with van der Waals surface area (Å²) in [5.74, 6) is -0.136. The molecular weight excluding hydrogens is 206 g/mol. The highest BCUT2D eigenvalue weighted by Gasteiger charge is 2.29. The number of carbonyl (C=O) groups is 1. The van der Waals surface area contributed by atoms with E-state index in [0.29, 0.717) is 6.61 Å². The average Bonchev–Trinajstić information content (AvgIpc) is 2.64. The van der Waals surface area contributed by atoms with Gasteiger partial charge in [0.05, 0.1) is 12.7 Å². The highest BCUT2D eigenvalue weighted by Crippen LogP contribution is 2.14. The van der Waals surface area contributed by atoms with Crippen LogP contribution in [0.3, 0.4) is 0 Å². The Kier molecular flexibility index (Phi) is 5.77. The Morgan fingerprint density at radius 2 is 2.31 bits per heavy atom. The lowest BCUT2D eigenvalue weighted by atomic mass is 10.1. The molecule has 0 aliphatic carbocycles. The van der Waals surface area contributed by atoms with Crippen LogP contribution in [0.5, 0.6) is 0 Å². The zero-order valence-corrected chi connectivity index (χ0v) is 10.5. The van der Waals surface area contributed by atoms with E-state index in [9.17, 15) is 4.79 Å². The van der Waals surface area contributed by atoms with Crippen molar-refractivity contribution in [1.29, 1.82) is 0 Å². The van der Waals surface area contributed by atoms with Crippen LogP contribution in [0, 0.1) is 0 Å². The van der Waals surface area contributed by atoms with Gasteiger partial charge in [-0.05, 0) is 26.7 Å². The van der Waals surface area contributed by atoms with Gasteiger partial charge in [0.25, 0.3) is 0 Å². The largest absolute Gasteiger partial charge is 0.465 e. The van der Waals surface area contributed by atoms with E-state index in [0.717, 1.165) is 25.9 Å². The van der Waals surface area contributed by atoms with E-state index in [4.69, 9.17) is 9.47 Å². The van der Waals surface area contributed by atoms with Gasteiger partial charge in [-0.3, -0.25) is 10.1 Å². The molecule has 0 saturated carbocycles. The van der Waals surface area contributed by atoms with Crippen molar-refractivity contribution < 1.29 is 14.3 Å². The average molecular weight is 229 g/mol. The van der Waals surface area contributed by atoms with Gasteiger partial charge in [0.15, 0.2) is 0 Å². The Morgan fingerprint density at radius 3 is 2.81 bits per heavy atom. The number of hydrogen-bond acceptors (Lipinski definition) is 4. The van der Waals surface area contributed by atoms with Crippen LogP contribution in [0.4, 0.5) is 0 Å². The monoisotopic (exact) mass is 229 g/mol. The van der Waals surface area contributed by atoms with Gasteiger partial charge < -0.3 is 9.47 Å². The second kappa shape index (κ2) is 6.86. The smallest absolute Gasteiger partial charge is 0.323 e. The first-order valence-electron chi connectivity index (χ1n) is 6.23. The number of carbonyl (C=O) groups excluding carboxylic acids is 1. The third-order valence-corrected chi connectivity index (χ3v) is 2.94. The zero-order chi connectivity index (χ0) is 12.0. The summed E-state index contributed by atoms with van der Waals surface area (Å²) in [4.78, 5) is 11.7. The van der Waals surface area contributed by atoms with Crippen molar-refractivity contribution in [3.05, 3.63) is 0 Å². The van der Waals surface area contributed by atoms with Gasteiger partial charge in [-0.1, -0.05) is 13.3 Å². The molecule has 16 heavy (non-hydrogen) atoms. The predicted molar refractivity (Wildman–Crippen MR) is 62.3 cm³/mol. The number of esters is 1. The first-order chi connectivity index (χ1) is 7.69. The second-order valence-electron chi connectivity index (χ2n) is 4.23. The lowest BCUT2D eigenvalue weighted by Gasteiger charge is -2.22. The molecule has 0 bridgehead atoms. The Balaban J connectivity index is 2.46. The van der Waals surface area contributed by atoms with Gasteiger partial charge >= 0.3 is 5.97 Å². The summed E-state index contributed by atoms with van der Waals surface area (Å²) in [7, 11) is 0. The van der Waals surface area contributed by atoms with Gasteiger partial charge in [-0.2, -0.15) is 0 Å². The minimum atomic E-state index is -0.181. The van der Waals surface area contributed by atoms with E-state index < -0.39 is 0 Å². The van der Waals surface area contributed by atoms with Crippen molar-refractivity contribution in [2.75, 3.05) is 13.2 Å². The van der Waals surface area contributed by atoms with Crippen molar-refractivity contribution in [1.82, 2.24) is 5.32 Å². The fraction of sp³-hybridized carbons (Fsp3) is 0.917. The molecule has 0 radical (unpaired) electrons. The molecule has 1 N–H and O–H groups in total. The highest BCUT2D eigenvalue weighted by molar-refractivity contribution is 5.75. The summed E-state index contributed by atoms with van der Waals surface area (Å²) >= 11 is 0. The topological polar surface area (TPSA) is 47.6 Å². The van der Waals surface area contributed by atoms with Crippen LogP contribution in [0.2, 0.25) is 0 Å². The SMILES string of the molecule is CCCC(NC1CCOC1C)C(=O)OCC. The van der Waals surface area contributed by atoms with Crippen molar-refractivity contribution in [3.63, 3.8) is 0 Å². The molecule has 4 heteroatoms. The normalized spacial score (nSPS) is 26.7. The maximum absolute atomic E-state index is 11.7. The van der Waals surface area contributed by atoms with Gasteiger partial charge in [-0.15, -0.1) is 0 Å². The van der Waals surface area contributed by atoms with Crippen LogP contribution in [0.15, 0.2) is 0 Å². The molecule has 0 amide bonds. The molecule has 1 saturated heterocycles. The van der Waals surface area contributed by atoms with Crippen LogP contribution in [-0.2, 0) is 14.3 Å². The van der Waals surface area contributed by atoms with Crippen molar-refractivity contribution >= 4 is 5.97 Å². The van der Waals surface area contributed by atoms with Crippen LogP contribution >= 0.6 is 0 Å². The molecule has 0 spiro atoms. The lowest BCUT2D eigenvalue weighted by Crippen LogP contribution is -2.46. The van der Waals surface area contributed by atoms with E-state index >= 15 is 0 Å². The van der Waals surface area contributed by atoms with E-state index in [1.807, 2.05) is 13.8 Å². The summed E-state index contributed by atoms with van der Waals surface area (Å²) in [5, 5.41) is 3.35. The number of nitrogens with one attached hydrogen (secondary N) is 1. The molecule has 1 fully saturated rings. The van der Waals surface area contributed by atoms with Crippen molar-refractivity contribution in [3.8, 4) is 0 Å². The molecule has 0 aromatic heterocycles. The standard InChI is InChI=1S/C12H23NO3/c1-4-6-11(12(14)15-5-2)13-10-7-8-16-9(10)3/h9-11,13H,4-8H2,1-3H3. The maximum Gasteiger partial charge on any atom is 0.323 e. The Morgan fingerprint density at radius 1 is 1.56 bits per heavy atom. The van der Waals surface area contributed by atoms with E-state index in [1.54, 1.807) is 0 Å². The van der Waals surface area contributed by atoms with Crippen molar-refractivity contribution in [2.24, 2.45) is 0 Å². The Labute approximate surface area is 97.7 Å². The molecule has 1 aliphatic heterocycles. The second-order valence-corrected chi connectivity index (χ2v) is 4.23.